The SMILES string of the molecule is C/C=C\c1cc(B(O)O)ccc1C. The minimum Gasteiger partial charge on any atom is -0.423 e. The predicted octanol–water partition coefficient (Wildman–Crippen LogP) is 0.708. The molecular weight excluding hydrogens is 163 g/mol. The number of aryl methyl sites for hydroxylation is 1. The van der Waals surface area contributed by atoms with Crippen LogP contribution in [0.3, 0.4) is 0 Å². The van der Waals surface area contributed by atoms with Crippen molar-refractivity contribution in [3.63, 3.8) is 0 Å². The topological polar surface area (TPSA) is 40.5 Å². The van der Waals surface area contributed by atoms with Crippen molar-refractivity contribution >= 4 is 18.7 Å². The molecule has 0 aliphatic rings. The minimum absolute atomic E-state index is 0.527. The molecular formula is C10H13BO2. The van der Waals surface area contributed by atoms with Gasteiger partial charge in [-0.2, -0.15) is 0 Å². The van der Waals surface area contributed by atoms with Gasteiger partial charge in [0.15, 0.2) is 0 Å². The molecule has 0 aliphatic carbocycles. The Labute approximate surface area is 78.7 Å². The summed E-state index contributed by atoms with van der Waals surface area (Å²) in [4.78, 5) is 0. The van der Waals surface area contributed by atoms with Crippen LogP contribution in [0.25, 0.3) is 6.08 Å². The maximum atomic E-state index is 8.94. The quantitative estimate of drug-likeness (QED) is 0.651. The van der Waals surface area contributed by atoms with Crippen molar-refractivity contribution in [2.45, 2.75) is 13.8 Å². The first-order chi connectivity index (χ1) is 6.15. The van der Waals surface area contributed by atoms with E-state index in [-0.39, 0.29) is 0 Å². The molecule has 13 heavy (non-hydrogen) atoms. The maximum absolute atomic E-state index is 8.94. The third-order valence-corrected chi connectivity index (χ3v) is 1.95. The van der Waals surface area contributed by atoms with E-state index in [9.17, 15) is 0 Å². The van der Waals surface area contributed by atoms with E-state index < -0.39 is 7.12 Å². The van der Waals surface area contributed by atoms with Gasteiger partial charge in [0.05, 0.1) is 0 Å². The summed E-state index contributed by atoms with van der Waals surface area (Å²) in [6.45, 7) is 3.92. The van der Waals surface area contributed by atoms with Crippen LogP contribution in [0.1, 0.15) is 18.1 Å². The molecule has 1 aromatic carbocycles. The summed E-state index contributed by atoms with van der Waals surface area (Å²) in [5.41, 5.74) is 2.68. The first-order valence-electron chi connectivity index (χ1n) is 4.24. The summed E-state index contributed by atoms with van der Waals surface area (Å²) in [5, 5.41) is 17.9. The second-order valence-corrected chi connectivity index (χ2v) is 2.99. The lowest BCUT2D eigenvalue weighted by Crippen LogP contribution is -2.29. The molecule has 0 amide bonds. The largest absolute Gasteiger partial charge is 0.488 e. The predicted molar refractivity (Wildman–Crippen MR) is 55.7 cm³/mol. The highest BCUT2D eigenvalue weighted by molar-refractivity contribution is 6.58. The number of benzene rings is 1. The van der Waals surface area contributed by atoms with Crippen LogP contribution in [0.5, 0.6) is 0 Å². The third kappa shape index (κ3) is 2.44. The molecule has 68 valence electrons. The Bertz CT molecular complexity index is 319. The lowest BCUT2D eigenvalue weighted by molar-refractivity contribution is 0.426. The Hall–Kier alpha value is -1.06. The summed E-state index contributed by atoms with van der Waals surface area (Å²) in [7, 11) is -1.38. The molecule has 0 atom stereocenters. The van der Waals surface area contributed by atoms with Gasteiger partial charge in [0, 0.05) is 0 Å². The molecule has 1 aromatic rings. The number of hydrogen-bond acceptors (Lipinski definition) is 2. The molecule has 0 bridgehead atoms. The van der Waals surface area contributed by atoms with Gasteiger partial charge < -0.3 is 10.0 Å². The Morgan fingerprint density at radius 2 is 2.00 bits per heavy atom. The molecule has 2 nitrogen and oxygen atoms in total. The summed E-state index contributed by atoms with van der Waals surface area (Å²) in [5.74, 6) is 0. The van der Waals surface area contributed by atoms with Crippen LogP contribution < -0.4 is 5.46 Å². The standard InChI is InChI=1S/C10H13BO2/c1-3-4-9-7-10(11(12)13)6-5-8(9)2/h3-7,12-13H,1-2H3/b4-3-. The van der Waals surface area contributed by atoms with Crippen LogP contribution in [0.2, 0.25) is 0 Å². The Balaban J connectivity index is 3.11. The zero-order valence-corrected chi connectivity index (χ0v) is 7.86. The molecule has 0 unspecified atom stereocenters. The highest BCUT2D eigenvalue weighted by Crippen LogP contribution is 2.07. The van der Waals surface area contributed by atoms with Crippen LogP contribution >= 0.6 is 0 Å². The summed E-state index contributed by atoms with van der Waals surface area (Å²) in [6, 6.07) is 5.37. The van der Waals surface area contributed by atoms with E-state index in [0.717, 1.165) is 11.1 Å². The Morgan fingerprint density at radius 3 is 2.54 bits per heavy atom. The second-order valence-electron chi connectivity index (χ2n) is 2.99. The fourth-order valence-corrected chi connectivity index (χ4v) is 1.18. The molecule has 2 N–H and O–H groups in total. The van der Waals surface area contributed by atoms with Gasteiger partial charge in [-0.3, -0.25) is 0 Å². The summed E-state index contributed by atoms with van der Waals surface area (Å²) in [6.07, 6.45) is 3.87. The average molecular weight is 176 g/mol. The normalized spacial score (nSPS) is 10.8. The molecule has 0 fully saturated rings. The van der Waals surface area contributed by atoms with Gasteiger partial charge in [0.25, 0.3) is 0 Å². The molecule has 1 rings (SSSR count). The zero-order chi connectivity index (χ0) is 9.84. The molecule has 0 saturated carbocycles. The van der Waals surface area contributed by atoms with E-state index in [4.69, 9.17) is 10.0 Å². The van der Waals surface area contributed by atoms with E-state index in [1.165, 1.54) is 0 Å². The molecule has 0 heterocycles. The molecule has 0 radical (unpaired) electrons. The average Bonchev–Trinajstić information content (AvgIpc) is 2.08. The van der Waals surface area contributed by atoms with E-state index >= 15 is 0 Å². The van der Waals surface area contributed by atoms with Crippen LogP contribution in [0.15, 0.2) is 24.3 Å². The summed E-state index contributed by atoms with van der Waals surface area (Å²) >= 11 is 0. The first-order valence-corrected chi connectivity index (χ1v) is 4.24. The van der Waals surface area contributed by atoms with Gasteiger partial charge in [-0.05, 0) is 30.4 Å². The van der Waals surface area contributed by atoms with Gasteiger partial charge in [-0.25, -0.2) is 0 Å². The summed E-state index contributed by atoms with van der Waals surface area (Å²) < 4.78 is 0. The zero-order valence-electron chi connectivity index (χ0n) is 7.86. The number of allylic oxidation sites excluding steroid dienone is 1. The van der Waals surface area contributed by atoms with Crippen molar-refractivity contribution in [3.05, 3.63) is 35.4 Å². The lowest BCUT2D eigenvalue weighted by Gasteiger charge is -2.04. The van der Waals surface area contributed by atoms with E-state index in [2.05, 4.69) is 0 Å². The highest BCUT2D eigenvalue weighted by atomic mass is 16.4. The Morgan fingerprint density at radius 1 is 1.31 bits per heavy atom. The highest BCUT2D eigenvalue weighted by Gasteiger charge is 2.10. The van der Waals surface area contributed by atoms with Gasteiger partial charge in [0.2, 0.25) is 0 Å². The fraction of sp³-hybridized carbons (Fsp3) is 0.200. The van der Waals surface area contributed by atoms with Crippen LogP contribution in [0.4, 0.5) is 0 Å². The third-order valence-electron chi connectivity index (χ3n) is 1.95. The Kier molecular flexibility index (Phi) is 3.28. The molecule has 0 aromatic heterocycles. The molecule has 0 aliphatic heterocycles. The van der Waals surface area contributed by atoms with Crippen molar-refractivity contribution in [1.29, 1.82) is 0 Å². The van der Waals surface area contributed by atoms with Gasteiger partial charge in [-0.15, -0.1) is 0 Å². The first kappa shape index (κ1) is 10.0. The fourth-order valence-electron chi connectivity index (χ4n) is 1.18. The number of rotatable bonds is 2. The van der Waals surface area contributed by atoms with E-state index in [0.29, 0.717) is 5.46 Å². The van der Waals surface area contributed by atoms with Crippen molar-refractivity contribution in [1.82, 2.24) is 0 Å². The molecule has 0 saturated heterocycles. The number of hydrogen-bond donors (Lipinski definition) is 2. The minimum atomic E-state index is -1.38. The lowest BCUT2D eigenvalue weighted by atomic mass is 9.79. The molecule has 3 heteroatoms. The van der Waals surface area contributed by atoms with Gasteiger partial charge in [0.1, 0.15) is 0 Å². The smallest absolute Gasteiger partial charge is 0.423 e. The van der Waals surface area contributed by atoms with E-state index in [1.54, 1.807) is 12.1 Å². The van der Waals surface area contributed by atoms with E-state index in [1.807, 2.05) is 32.1 Å². The maximum Gasteiger partial charge on any atom is 0.488 e. The van der Waals surface area contributed by atoms with Crippen molar-refractivity contribution in [2.24, 2.45) is 0 Å². The van der Waals surface area contributed by atoms with Gasteiger partial charge in [-0.1, -0.05) is 30.4 Å². The van der Waals surface area contributed by atoms with Crippen LogP contribution in [-0.2, 0) is 0 Å². The van der Waals surface area contributed by atoms with Gasteiger partial charge >= 0.3 is 7.12 Å². The van der Waals surface area contributed by atoms with Crippen molar-refractivity contribution in [3.8, 4) is 0 Å². The second kappa shape index (κ2) is 4.26. The van der Waals surface area contributed by atoms with Crippen molar-refractivity contribution < 1.29 is 10.0 Å². The molecule has 0 spiro atoms. The van der Waals surface area contributed by atoms with Crippen LogP contribution in [-0.4, -0.2) is 17.2 Å². The monoisotopic (exact) mass is 176 g/mol. The van der Waals surface area contributed by atoms with Crippen molar-refractivity contribution in [2.75, 3.05) is 0 Å². The van der Waals surface area contributed by atoms with Crippen LogP contribution in [0, 0.1) is 6.92 Å².